The van der Waals surface area contributed by atoms with E-state index < -0.39 is 23.5 Å². The van der Waals surface area contributed by atoms with Gasteiger partial charge in [-0.3, -0.25) is 24.5 Å². The molecule has 1 atom stereocenters. The van der Waals surface area contributed by atoms with E-state index in [9.17, 15) is 24.3 Å². The van der Waals surface area contributed by atoms with E-state index in [4.69, 9.17) is 0 Å². The molecule has 2 amide bonds. The van der Waals surface area contributed by atoms with Gasteiger partial charge in [0.1, 0.15) is 11.6 Å². The maximum Gasteiger partial charge on any atom is 0.306 e. The number of carbonyl (C=O) groups is 3. The van der Waals surface area contributed by atoms with Gasteiger partial charge in [0.15, 0.2) is 0 Å². The third-order valence-corrected chi connectivity index (χ3v) is 5.38. The van der Waals surface area contributed by atoms with Gasteiger partial charge in [-0.05, 0) is 31.4 Å². The van der Waals surface area contributed by atoms with Crippen LogP contribution in [0.15, 0.2) is 23.0 Å². The number of nitrogens with one attached hydrogen (secondary N) is 1. The van der Waals surface area contributed by atoms with Crippen LogP contribution < -0.4 is 15.8 Å². The Hall–Kier alpha value is -3.30. The van der Waals surface area contributed by atoms with Crippen molar-refractivity contribution in [1.82, 2.24) is 20.3 Å². The lowest BCUT2D eigenvalue weighted by molar-refractivity contribution is -0.142. The van der Waals surface area contributed by atoms with Gasteiger partial charge in [-0.2, -0.15) is 4.68 Å². The molecule has 0 bridgehead atoms. The molecule has 3 heterocycles. The highest BCUT2D eigenvalue weighted by Crippen LogP contribution is 2.28. The summed E-state index contributed by atoms with van der Waals surface area (Å²) in [4.78, 5) is 49.9. The zero-order chi connectivity index (χ0) is 19.8. The molecule has 10 heteroatoms. The predicted molar refractivity (Wildman–Crippen MR) is 97.8 cm³/mol. The Kier molecular flexibility index (Phi) is 4.54. The van der Waals surface area contributed by atoms with Crippen LogP contribution in [0.4, 0.5) is 5.69 Å². The minimum absolute atomic E-state index is 0.132. The number of aliphatic carboxylic acids is 1. The molecule has 2 aliphatic heterocycles. The Morgan fingerprint density at radius 3 is 2.57 bits per heavy atom. The number of anilines is 1. The maximum absolute atomic E-state index is 13.2. The molecule has 1 aromatic carbocycles. The summed E-state index contributed by atoms with van der Waals surface area (Å²) in [6.07, 6.45) is 1.31. The Morgan fingerprint density at radius 1 is 1.14 bits per heavy atom. The van der Waals surface area contributed by atoms with Crippen molar-refractivity contribution in [2.75, 3.05) is 18.0 Å². The molecule has 0 aliphatic carbocycles. The van der Waals surface area contributed by atoms with Crippen molar-refractivity contribution in [2.45, 2.75) is 31.7 Å². The van der Waals surface area contributed by atoms with Gasteiger partial charge in [-0.1, -0.05) is 11.3 Å². The smallest absolute Gasteiger partial charge is 0.306 e. The van der Waals surface area contributed by atoms with E-state index >= 15 is 0 Å². The summed E-state index contributed by atoms with van der Waals surface area (Å²) in [6, 6.07) is 4.35. The zero-order valence-corrected chi connectivity index (χ0v) is 15.0. The van der Waals surface area contributed by atoms with Crippen molar-refractivity contribution in [3.05, 3.63) is 28.6 Å². The molecule has 0 saturated carbocycles. The third kappa shape index (κ3) is 3.10. The van der Waals surface area contributed by atoms with E-state index in [1.165, 1.54) is 0 Å². The van der Waals surface area contributed by atoms with Crippen molar-refractivity contribution in [3.8, 4) is 0 Å². The summed E-state index contributed by atoms with van der Waals surface area (Å²) in [7, 11) is 0. The monoisotopic (exact) mass is 385 g/mol. The minimum atomic E-state index is -0.882. The first kappa shape index (κ1) is 18.1. The minimum Gasteiger partial charge on any atom is -0.481 e. The van der Waals surface area contributed by atoms with Gasteiger partial charge in [0.2, 0.25) is 5.91 Å². The van der Waals surface area contributed by atoms with Gasteiger partial charge < -0.3 is 10.0 Å². The quantitative estimate of drug-likeness (QED) is 0.709. The molecule has 10 nitrogen and oxygen atoms in total. The third-order valence-electron chi connectivity index (χ3n) is 5.38. The zero-order valence-electron chi connectivity index (χ0n) is 15.0. The Labute approximate surface area is 159 Å². The fourth-order valence-corrected chi connectivity index (χ4v) is 3.83. The predicted octanol–water partition coefficient (Wildman–Crippen LogP) is 0.0702. The van der Waals surface area contributed by atoms with Crippen LogP contribution in [0.2, 0.25) is 0 Å². The van der Waals surface area contributed by atoms with Crippen LogP contribution in [-0.4, -0.2) is 51.0 Å². The number of aromatic nitrogens is 3. The number of fused-ring (bicyclic) bond motifs is 1. The maximum atomic E-state index is 13.2. The molecule has 146 valence electrons. The fraction of sp³-hybridized carbons (Fsp3) is 0.444. The number of benzene rings is 1. The Morgan fingerprint density at radius 2 is 1.89 bits per heavy atom. The lowest BCUT2D eigenvalue weighted by atomic mass is 9.96. The van der Waals surface area contributed by atoms with Crippen molar-refractivity contribution in [2.24, 2.45) is 5.92 Å². The summed E-state index contributed by atoms with van der Waals surface area (Å²) in [5, 5.41) is 19.8. The fourth-order valence-electron chi connectivity index (χ4n) is 3.83. The number of hydrogen-bond acceptors (Lipinski definition) is 7. The summed E-state index contributed by atoms with van der Waals surface area (Å²) >= 11 is 0. The van der Waals surface area contributed by atoms with Gasteiger partial charge >= 0.3 is 5.97 Å². The Balaban J connectivity index is 1.73. The van der Waals surface area contributed by atoms with Crippen LogP contribution >= 0.6 is 0 Å². The number of hydrogen-bond donors (Lipinski definition) is 2. The van der Waals surface area contributed by atoms with Crippen LogP contribution in [0.5, 0.6) is 0 Å². The first-order chi connectivity index (χ1) is 13.5. The van der Waals surface area contributed by atoms with Gasteiger partial charge in [0.25, 0.3) is 11.5 Å². The summed E-state index contributed by atoms with van der Waals surface area (Å²) in [5.41, 5.74) is 0.615. The number of rotatable bonds is 3. The molecule has 2 saturated heterocycles. The average Bonchev–Trinajstić information content (AvgIpc) is 2.69. The highest BCUT2D eigenvalue weighted by atomic mass is 16.4. The summed E-state index contributed by atoms with van der Waals surface area (Å²) < 4.78 is 1.04. The van der Waals surface area contributed by atoms with Crippen LogP contribution in [0.25, 0.3) is 10.9 Å². The van der Waals surface area contributed by atoms with E-state index in [-0.39, 0.29) is 24.7 Å². The van der Waals surface area contributed by atoms with Crippen LogP contribution in [-0.2, 0) is 14.4 Å². The van der Waals surface area contributed by atoms with Crippen molar-refractivity contribution in [3.63, 3.8) is 0 Å². The number of amides is 2. The van der Waals surface area contributed by atoms with Crippen molar-refractivity contribution >= 4 is 34.4 Å². The number of imide groups is 1. The number of carboxylic acids is 1. The van der Waals surface area contributed by atoms with Gasteiger partial charge in [0.05, 0.1) is 17.0 Å². The molecule has 2 fully saturated rings. The normalized spacial score (nSPS) is 21.0. The second kappa shape index (κ2) is 7.02. The van der Waals surface area contributed by atoms with Gasteiger partial charge in [0, 0.05) is 19.5 Å². The van der Waals surface area contributed by atoms with Crippen LogP contribution in [0, 0.1) is 5.92 Å². The van der Waals surface area contributed by atoms with Crippen molar-refractivity contribution < 1.29 is 19.5 Å². The SMILES string of the molecule is O=C1CCC(n2nnc3cccc(N4CCC(C(=O)O)CC4)c3c2=O)C(=O)N1. The molecule has 1 aromatic heterocycles. The molecular formula is C18H19N5O5. The average molecular weight is 385 g/mol. The van der Waals surface area contributed by atoms with E-state index in [0.717, 1.165) is 4.68 Å². The van der Waals surface area contributed by atoms with E-state index in [2.05, 4.69) is 15.6 Å². The van der Waals surface area contributed by atoms with E-state index in [1.54, 1.807) is 18.2 Å². The van der Waals surface area contributed by atoms with E-state index in [1.807, 2.05) is 4.90 Å². The van der Waals surface area contributed by atoms with Crippen LogP contribution in [0.3, 0.4) is 0 Å². The number of carbonyl (C=O) groups excluding carboxylic acids is 2. The molecule has 2 aliphatic rings. The molecule has 2 N–H and O–H groups in total. The molecular weight excluding hydrogens is 366 g/mol. The number of piperidine rings is 2. The molecule has 2 aromatic rings. The van der Waals surface area contributed by atoms with Crippen molar-refractivity contribution in [1.29, 1.82) is 0 Å². The number of nitrogens with zero attached hydrogens (tertiary/aromatic N) is 4. The highest BCUT2D eigenvalue weighted by molar-refractivity contribution is 5.99. The first-order valence-corrected chi connectivity index (χ1v) is 9.15. The van der Waals surface area contributed by atoms with E-state index in [0.29, 0.717) is 42.5 Å². The standard InChI is InChI=1S/C18H19N5O5/c24-14-5-4-13(16(25)19-14)23-17(26)15-11(20-21-23)2-1-3-12(15)22-8-6-10(7-9-22)18(27)28/h1-3,10,13H,4-9H2,(H,27,28)(H,19,24,25). The Bertz CT molecular complexity index is 1020. The number of carboxylic acid groups (broad SMARTS) is 1. The summed E-state index contributed by atoms with van der Waals surface area (Å²) in [5.74, 6) is -2.12. The second-order valence-electron chi connectivity index (χ2n) is 7.08. The molecule has 28 heavy (non-hydrogen) atoms. The summed E-state index contributed by atoms with van der Waals surface area (Å²) in [6.45, 7) is 1.02. The molecule has 0 spiro atoms. The van der Waals surface area contributed by atoms with Gasteiger partial charge in [-0.15, -0.1) is 5.10 Å². The van der Waals surface area contributed by atoms with Crippen LogP contribution in [0.1, 0.15) is 31.7 Å². The molecule has 4 rings (SSSR count). The largest absolute Gasteiger partial charge is 0.481 e. The lowest BCUT2D eigenvalue weighted by Crippen LogP contribution is -2.45. The topological polar surface area (TPSA) is 134 Å². The second-order valence-corrected chi connectivity index (χ2v) is 7.08. The van der Waals surface area contributed by atoms with Gasteiger partial charge in [-0.25, -0.2) is 0 Å². The lowest BCUT2D eigenvalue weighted by Gasteiger charge is -2.32. The highest BCUT2D eigenvalue weighted by Gasteiger charge is 2.31. The first-order valence-electron chi connectivity index (χ1n) is 9.15. The molecule has 1 unspecified atom stereocenters. The molecule has 0 radical (unpaired) electrons.